The molecule has 1 aromatic rings. The molecular weight excluding hydrogens is 204 g/mol. The number of hydrogen-bond acceptors (Lipinski definition) is 2. The molecule has 1 atom stereocenters. The van der Waals surface area contributed by atoms with Crippen LogP contribution in [0.3, 0.4) is 0 Å². The van der Waals surface area contributed by atoms with Gasteiger partial charge in [0, 0.05) is 10.7 Å². The van der Waals surface area contributed by atoms with Crippen LogP contribution < -0.4 is 0 Å². The Morgan fingerprint density at radius 3 is 2.58 bits per heavy atom. The molecule has 0 nitrogen and oxygen atoms in total. The van der Waals surface area contributed by atoms with Crippen LogP contribution in [0.1, 0.15) is 5.56 Å². The molecule has 0 spiro atoms. The lowest BCUT2D eigenvalue weighted by Gasteiger charge is -2.01. The third-order valence-corrected chi connectivity index (χ3v) is 5.95. The molecule has 0 aliphatic carbocycles. The Labute approximate surface area is 83.1 Å². The maximum atomic E-state index is 5.33. The molecule has 0 amide bonds. The van der Waals surface area contributed by atoms with Crippen LogP contribution in [0.15, 0.2) is 36.4 Å². The largest absolute Gasteiger partial charge is 0.0807 e. The summed E-state index contributed by atoms with van der Waals surface area (Å²) in [7, 11) is 1.85. The minimum absolute atomic E-state index is 0.000494. The molecule has 12 heavy (non-hydrogen) atoms. The van der Waals surface area contributed by atoms with Crippen LogP contribution in [-0.2, 0) is 19.7 Å². The third kappa shape index (κ3) is 1.63. The SMILES string of the molecule is S=S1SCC=C1c1ccccc1. The Kier molecular flexibility index (Phi) is 2.63. The van der Waals surface area contributed by atoms with E-state index < -0.39 is 0 Å². The van der Waals surface area contributed by atoms with Crippen molar-refractivity contribution in [2.75, 3.05) is 5.75 Å². The molecule has 0 N–H and O–H groups in total. The van der Waals surface area contributed by atoms with Crippen LogP contribution in [0, 0.1) is 0 Å². The molecule has 0 saturated heterocycles. The van der Waals surface area contributed by atoms with Crippen LogP contribution in [0.4, 0.5) is 0 Å². The lowest BCUT2D eigenvalue weighted by atomic mass is 10.2. The maximum absolute atomic E-state index is 5.33. The minimum atomic E-state index is -0.000494. The topological polar surface area (TPSA) is 0 Å². The monoisotopic (exact) mass is 212 g/mol. The second-order valence-electron chi connectivity index (χ2n) is 2.45. The smallest absolute Gasteiger partial charge is 0.0262 e. The van der Waals surface area contributed by atoms with Crippen molar-refractivity contribution in [3.05, 3.63) is 42.0 Å². The van der Waals surface area contributed by atoms with Crippen LogP contribution in [0.5, 0.6) is 0 Å². The summed E-state index contributed by atoms with van der Waals surface area (Å²) < 4.78 is 0. The molecule has 1 aromatic carbocycles. The normalized spacial score (nSPS) is 22.3. The van der Waals surface area contributed by atoms with Gasteiger partial charge in [-0.05, 0) is 25.2 Å². The van der Waals surface area contributed by atoms with E-state index in [4.69, 9.17) is 11.2 Å². The first-order valence-corrected chi connectivity index (χ1v) is 7.34. The Morgan fingerprint density at radius 1 is 1.25 bits per heavy atom. The molecule has 0 radical (unpaired) electrons. The molecular formula is C9H8S3. The molecule has 0 fully saturated rings. The first-order chi connectivity index (χ1) is 5.88. The van der Waals surface area contributed by atoms with E-state index in [0.717, 1.165) is 5.75 Å². The van der Waals surface area contributed by atoms with Crippen LogP contribution in [-0.4, -0.2) is 5.75 Å². The first-order valence-electron chi connectivity index (χ1n) is 3.68. The summed E-state index contributed by atoms with van der Waals surface area (Å²) in [4.78, 5) is 1.34. The van der Waals surface area contributed by atoms with Gasteiger partial charge < -0.3 is 0 Å². The summed E-state index contributed by atoms with van der Waals surface area (Å²) in [6.45, 7) is 0. The van der Waals surface area contributed by atoms with Gasteiger partial charge in [-0.2, -0.15) is 0 Å². The molecule has 0 aromatic heterocycles. The van der Waals surface area contributed by atoms with Crippen molar-refractivity contribution < 1.29 is 0 Å². The van der Waals surface area contributed by atoms with E-state index in [1.807, 2.05) is 16.9 Å². The zero-order valence-electron chi connectivity index (χ0n) is 6.40. The van der Waals surface area contributed by atoms with Gasteiger partial charge in [-0.25, -0.2) is 0 Å². The van der Waals surface area contributed by atoms with Gasteiger partial charge in [0.25, 0.3) is 0 Å². The third-order valence-electron chi connectivity index (χ3n) is 1.68. The summed E-state index contributed by atoms with van der Waals surface area (Å²) in [5, 5.41) is 0. The Morgan fingerprint density at radius 2 is 2.00 bits per heavy atom. The molecule has 3 heteroatoms. The average molecular weight is 212 g/mol. The summed E-state index contributed by atoms with van der Waals surface area (Å²) >= 11 is 5.33. The van der Waals surface area contributed by atoms with Gasteiger partial charge in [-0.15, -0.1) is 0 Å². The van der Waals surface area contributed by atoms with Crippen molar-refractivity contribution in [2.24, 2.45) is 0 Å². The van der Waals surface area contributed by atoms with E-state index in [9.17, 15) is 0 Å². The van der Waals surface area contributed by atoms with Gasteiger partial charge in [0.2, 0.25) is 0 Å². The standard InChI is InChI=1S/C9H8S3/c10-12-9(6-7-11-12)8-4-2-1-3-5-8/h1-6H,7H2. The predicted octanol–water partition coefficient (Wildman–Crippen LogP) is 2.77. The van der Waals surface area contributed by atoms with Crippen molar-refractivity contribution >= 4 is 35.4 Å². The zero-order chi connectivity index (χ0) is 8.39. The van der Waals surface area contributed by atoms with E-state index in [1.54, 1.807) is 0 Å². The van der Waals surface area contributed by atoms with Crippen molar-refractivity contribution in [2.45, 2.75) is 0 Å². The molecule has 2 rings (SSSR count). The lowest BCUT2D eigenvalue weighted by molar-refractivity contribution is 1.64. The molecule has 1 aliphatic rings. The summed E-state index contributed by atoms with van der Waals surface area (Å²) in [5.41, 5.74) is 1.29. The summed E-state index contributed by atoms with van der Waals surface area (Å²) in [6.07, 6.45) is 2.25. The van der Waals surface area contributed by atoms with Gasteiger partial charge in [0.1, 0.15) is 0 Å². The van der Waals surface area contributed by atoms with E-state index in [0.29, 0.717) is 0 Å². The second kappa shape index (κ2) is 3.73. The van der Waals surface area contributed by atoms with Crippen molar-refractivity contribution in [3.63, 3.8) is 0 Å². The Balaban J connectivity index is 2.38. The average Bonchev–Trinajstić information content (AvgIpc) is 2.53. The predicted molar refractivity (Wildman–Crippen MR) is 61.6 cm³/mol. The van der Waals surface area contributed by atoms with Crippen LogP contribution in [0.2, 0.25) is 0 Å². The van der Waals surface area contributed by atoms with Crippen molar-refractivity contribution in [1.82, 2.24) is 0 Å². The van der Waals surface area contributed by atoms with Gasteiger partial charge in [-0.3, -0.25) is 0 Å². The van der Waals surface area contributed by atoms with Crippen molar-refractivity contribution in [3.8, 4) is 0 Å². The van der Waals surface area contributed by atoms with Crippen molar-refractivity contribution in [1.29, 1.82) is 0 Å². The summed E-state index contributed by atoms with van der Waals surface area (Å²) in [6, 6.07) is 10.4. The number of rotatable bonds is 1. The molecule has 1 aliphatic heterocycles. The molecule has 0 saturated carbocycles. The number of hydrogen-bond donors (Lipinski definition) is 0. The molecule has 1 heterocycles. The molecule has 1 unspecified atom stereocenters. The van der Waals surface area contributed by atoms with Gasteiger partial charge >= 0.3 is 0 Å². The highest BCUT2D eigenvalue weighted by Gasteiger charge is 2.11. The highest BCUT2D eigenvalue weighted by Crippen LogP contribution is 2.32. The van der Waals surface area contributed by atoms with Crippen LogP contribution >= 0.6 is 10.8 Å². The van der Waals surface area contributed by atoms with E-state index in [1.165, 1.54) is 10.5 Å². The van der Waals surface area contributed by atoms with E-state index >= 15 is 0 Å². The Bertz CT molecular complexity index is 327. The van der Waals surface area contributed by atoms with Gasteiger partial charge in [0.05, 0.1) is 0 Å². The maximum Gasteiger partial charge on any atom is 0.0262 e. The minimum Gasteiger partial charge on any atom is -0.0807 e. The summed E-state index contributed by atoms with van der Waals surface area (Å²) in [5.74, 6) is 1.08. The van der Waals surface area contributed by atoms with Gasteiger partial charge in [-0.1, -0.05) is 47.2 Å². The highest BCUT2D eigenvalue weighted by molar-refractivity contribution is 8.86. The molecule has 62 valence electrons. The fourth-order valence-corrected chi connectivity index (χ4v) is 4.70. The fourth-order valence-electron chi connectivity index (χ4n) is 1.12. The van der Waals surface area contributed by atoms with E-state index in [2.05, 4.69) is 30.3 Å². The first kappa shape index (κ1) is 8.48. The van der Waals surface area contributed by atoms with Gasteiger partial charge in [0.15, 0.2) is 0 Å². The van der Waals surface area contributed by atoms with E-state index in [-0.39, 0.29) is 8.49 Å². The highest BCUT2D eigenvalue weighted by atomic mass is 33.3. The number of benzene rings is 1. The lowest BCUT2D eigenvalue weighted by Crippen LogP contribution is -1.82. The van der Waals surface area contributed by atoms with Crippen LogP contribution in [0.25, 0.3) is 4.91 Å². The quantitative estimate of drug-likeness (QED) is 0.657. The molecule has 0 bridgehead atoms. The zero-order valence-corrected chi connectivity index (χ0v) is 8.85. The fraction of sp³-hybridized carbons (Fsp3) is 0.111. The second-order valence-corrected chi connectivity index (χ2v) is 7.27. The Hall–Kier alpha value is -0.120.